The second-order valence-corrected chi connectivity index (χ2v) is 9.41. The van der Waals surface area contributed by atoms with E-state index in [1.54, 1.807) is 0 Å². The van der Waals surface area contributed by atoms with Gasteiger partial charge in [-0.1, -0.05) is 25.5 Å². The minimum Gasteiger partial charge on any atom is -0.461 e. The highest BCUT2D eigenvalue weighted by atomic mass is 32.2. The van der Waals surface area contributed by atoms with Crippen molar-refractivity contribution in [3.8, 4) is 0 Å². The minimum absolute atomic E-state index is 0.0166. The Balaban J connectivity index is 1.38. The number of rotatable bonds is 4. The van der Waals surface area contributed by atoms with Crippen LogP contribution >= 0.6 is 0 Å². The molecule has 0 saturated heterocycles. The van der Waals surface area contributed by atoms with Crippen molar-refractivity contribution in [3.63, 3.8) is 0 Å². The number of esters is 1. The van der Waals surface area contributed by atoms with Crippen molar-refractivity contribution in [1.82, 2.24) is 14.5 Å². The third-order valence-electron chi connectivity index (χ3n) is 6.05. The largest absolute Gasteiger partial charge is 0.461 e. The normalized spacial score (nSPS) is 28.5. The van der Waals surface area contributed by atoms with Crippen molar-refractivity contribution in [1.29, 1.82) is 0 Å². The van der Waals surface area contributed by atoms with Crippen LogP contribution in [-0.2, 0) is 21.3 Å². The summed E-state index contributed by atoms with van der Waals surface area (Å²) in [5.74, 6) is 0.816. The summed E-state index contributed by atoms with van der Waals surface area (Å²) in [5.41, 5.74) is 1.79. The van der Waals surface area contributed by atoms with Gasteiger partial charge in [-0.05, 0) is 30.1 Å². The van der Waals surface area contributed by atoms with E-state index < -0.39 is 16.0 Å². The average Bonchev–Trinajstić information content (AvgIpc) is 3.00. The molecule has 0 unspecified atom stereocenters. The third-order valence-corrected chi connectivity index (χ3v) is 7.51. The van der Waals surface area contributed by atoms with Crippen molar-refractivity contribution in [2.45, 2.75) is 44.7 Å². The number of nitrogens with one attached hydrogen (secondary N) is 1. The van der Waals surface area contributed by atoms with Gasteiger partial charge >= 0.3 is 5.97 Å². The number of ether oxygens (including phenoxy) is 1. The topological polar surface area (TPSA) is 90.3 Å². The van der Waals surface area contributed by atoms with Gasteiger partial charge in [-0.2, -0.15) is 5.10 Å². The summed E-state index contributed by atoms with van der Waals surface area (Å²) in [5, 5.41) is 4.08. The van der Waals surface area contributed by atoms with E-state index in [2.05, 4.69) is 29.7 Å². The molecule has 1 aliphatic heterocycles. The van der Waals surface area contributed by atoms with Crippen LogP contribution < -0.4 is 4.72 Å². The van der Waals surface area contributed by atoms with Gasteiger partial charge in [0.15, 0.2) is 10.7 Å². The summed E-state index contributed by atoms with van der Waals surface area (Å²) in [6, 6.07) is 1.28. The second-order valence-electron chi connectivity index (χ2n) is 7.70. The monoisotopic (exact) mass is 365 g/mol. The molecule has 1 aromatic heterocycles. The summed E-state index contributed by atoms with van der Waals surface area (Å²) >= 11 is 0. The molecule has 1 fully saturated rings. The number of hydrogen-bond acceptors (Lipinski definition) is 5. The number of carbonyl (C=O) groups excluding carboxylic acids is 1. The molecule has 0 spiro atoms. The first kappa shape index (κ1) is 16.8. The van der Waals surface area contributed by atoms with Crippen molar-refractivity contribution < 1.29 is 17.9 Å². The third kappa shape index (κ3) is 2.71. The molecular weight excluding hydrogens is 342 g/mol. The number of carbonyl (C=O) groups is 1. The fraction of sp³-hybridized carbons (Fsp3) is 0.647. The van der Waals surface area contributed by atoms with E-state index in [4.69, 9.17) is 4.74 Å². The van der Waals surface area contributed by atoms with E-state index in [1.165, 1.54) is 22.7 Å². The van der Waals surface area contributed by atoms with Crippen LogP contribution in [0.25, 0.3) is 0 Å². The van der Waals surface area contributed by atoms with Gasteiger partial charge in [-0.25, -0.2) is 17.9 Å². The Labute approximate surface area is 147 Å². The zero-order valence-electron chi connectivity index (χ0n) is 14.5. The Morgan fingerprint density at radius 2 is 2.28 bits per heavy atom. The van der Waals surface area contributed by atoms with Crippen molar-refractivity contribution in [2.75, 3.05) is 13.2 Å². The van der Waals surface area contributed by atoms with E-state index >= 15 is 0 Å². The van der Waals surface area contributed by atoms with Crippen LogP contribution in [0.1, 0.15) is 43.6 Å². The molecule has 7 nitrogen and oxygen atoms in total. The first-order valence-electron chi connectivity index (χ1n) is 8.72. The Morgan fingerprint density at radius 1 is 1.48 bits per heavy atom. The number of fused-ring (bicyclic) bond motifs is 2. The SMILES string of the molecule is CC1(C)[C@H]2CC=C(CCOC(=O)c3cc4n(n3)CCNS4(=O)=O)[C@@H]1C2. The molecule has 1 saturated carbocycles. The predicted molar refractivity (Wildman–Crippen MR) is 90.4 cm³/mol. The zero-order chi connectivity index (χ0) is 17.8. The first-order valence-corrected chi connectivity index (χ1v) is 10.2. The second kappa shape index (κ2) is 5.67. The van der Waals surface area contributed by atoms with Gasteiger partial charge in [0.05, 0.1) is 13.2 Å². The molecule has 0 radical (unpaired) electrons. The lowest BCUT2D eigenvalue weighted by molar-refractivity contribution is -0.0103. The first-order chi connectivity index (χ1) is 11.8. The Bertz CT molecular complexity index is 853. The summed E-state index contributed by atoms with van der Waals surface area (Å²) < 4.78 is 32.9. The molecule has 25 heavy (non-hydrogen) atoms. The molecule has 2 heterocycles. The molecule has 1 N–H and O–H groups in total. The summed E-state index contributed by atoms with van der Waals surface area (Å²) in [6.07, 6.45) is 5.39. The van der Waals surface area contributed by atoms with Crippen LogP contribution in [0.2, 0.25) is 0 Å². The minimum atomic E-state index is -3.57. The average molecular weight is 365 g/mol. The predicted octanol–water partition coefficient (Wildman–Crippen LogP) is 1.71. The van der Waals surface area contributed by atoms with Gasteiger partial charge < -0.3 is 4.74 Å². The highest BCUT2D eigenvalue weighted by molar-refractivity contribution is 7.89. The van der Waals surface area contributed by atoms with E-state index in [0.717, 1.165) is 18.8 Å². The van der Waals surface area contributed by atoms with Crippen molar-refractivity contribution in [2.24, 2.45) is 17.3 Å². The van der Waals surface area contributed by atoms with Gasteiger partial charge in [-0.3, -0.25) is 4.68 Å². The van der Waals surface area contributed by atoms with Crippen LogP contribution in [0.4, 0.5) is 0 Å². The Hall–Kier alpha value is -1.67. The number of allylic oxidation sites excluding steroid dienone is 1. The quantitative estimate of drug-likeness (QED) is 0.648. The molecule has 4 aliphatic rings. The molecule has 136 valence electrons. The van der Waals surface area contributed by atoms with E-state index in [-0.39, 0.29) is 17.3 Å². The lowest BCUT2D eigenvalue weighted by atomic mass is 9.48. The van der Waals surface area contributed by atoms with E-state index in [0.29, 0.717) is 24.5 Å². The molecule has 0 aromatic carbocycles. The van der Waals surface area contributed by atoms with Gasteiger partial charge in [0, 0.05) is 19.0 Å². The number of aromatic nitrogens is 2. The maximum absolute atomic E-state index is 12.2. The highest BCUT2D eigenvalue weighted by Gasteiger charge is 2.50. The fourth-order valence-corrected chi connectivity index (χ4v) is 5.51. The number of hydrogen-bond donors (Lipinski definition) is 1. The number of nitrogens with zero attached hydrogens (tertiary/aromatic N) is 2. The van der Waals surface area contributed by atoms with Gasteiger partial charge in [0.1, 0.15) is 0 Å². The molecular formula is C17H23N3O4S. The Morgan fingerprint density at radius 3 is 2.96 bits per heavy atom. The zero-order valence-corrected chi connectivity index (χ0v) is 15.3. The summed E-state index contributed by atoms with van der Waals surface area (Å²) in [6.45, 7) is 5.61. The molecule has 2 bridgehead atoms. The highest BCUT2D eigenvalue weighted by Crippen LogP contribution is 2.59. The molecule has 1 aromatic rings. The van der Waals surface area contributed by atoms with Gasteiger partial charge in [0.2, 0.25) is 0 Å². The lowest BCUT2D eigenvalue weighted by Crippen LogP contribution is -2.48. The maximum Gasteiger partial charge on any atom is 0.358 e. The van der Waals surface area contributed by atoms with Crippen LogP contribution in [0, 0.1) is 17.3 Å². The van der Waals surface area contributed by atoms with Crippen LogP contribution in [-0.4, -0.2) is 37.3 Å². The number of sulfonamides is 1. The van der Waals surface area contributed by atoms with E-state index in [9.17, 15) is 13.2 Å². The smallest absolute Gasteiger partial charge is 0.358 e. The van der Waals surface area contributed by atoms with E-state index in [1.807, 2.05) is 0 Å². The molecule has 0 amide bonds. The lowest BCUT2D eigenvalue weighted by Gasteiger charge is -2.56. The van der Waals surface area contributed by atoms with Gasteiger partial charge in [-0.15, -0.1) is 0 Å². The molecule has 3 aliphatic carbocycles. The van der Waals surface area contributed by atoms with Crippen LogP contribution in [0.5, 0.6) is 0 Å². The molecule has 8 heteroatoms. The summed E-state index contributed by atoms with van der Waals surface area (Å²) in [7, 11) is -3.57. The fourth-order valence-electron chi connectivity index (χ4n) is 4.33. The van der Waals surface area contributed by atoms with Gasteiger partial charge in [0.25, 0.3) is 10.0 Å². The summed E-state index contributed by atoms with van der Waals surface area (Å²) in [4.78, 5) is 12.2. The Kier molecular flexibility index (Phi) is 3.81. The van der Waals surface area contributed by atoms with Crippen molar-refractivity contribution >= 4 is 16.0 Å². The standard InChI is InChI=1S/C17H23N3O4S/c1-17(2)12-4-3-11(13(17)9-12)5-8-24-16(21)14-10-15-20(19-14)7-6-18-25(15,22)23/h3,10,12-13,18H,4-9H2,1-2H3/t12-,13-/m0/s1. The van der Waals surface area contributed by atoms with Crippen LogP contribution in [0.15, 0.2) is 22.7 Å². The van der Waals surface area contributed by atoms with Crippen LogP contribution in [0.3, 0.4) is 0 Å². The molecule has 5 rings (SSSR count). The maximum atomic E-state index is 12.2. The molecule has 2 atom stereocenters. The van der Waals surface area contributed by atoms with Crippen molar-refractivity contribution in [3.05, 3.63) is 23.4 Å².